The van der Waals surface area contributed by atoms with Crippen molar-refractivity contribution in [1.82, 2.24) is 4.90 Å². The zero-order valence-electron chi connectivity index (χ0n) is 22.4. The lowest BCUT2D eigenvalue weighted by atomic mass is 9.96. The van der Waals surface area contributed by atoms with Crippen LogP contribution in [0.2, 0.25) is 0 Å². The van der Waals surface area contributed by atoms with E-state index in [1.807, 2.05) is 52.0 Å². The fourth-order valence-corrected chi connectivity index (χ4v) is 5.32. The summed E-state index contributed by atoms with van der Waals surface area (Å²) in [7, 11) is -3.82. The number of hydrogen-bond acceptors (Lipinski definition) is 5. The van der Waals surface area contributed by atoms with Crippen molar-refractivity contribution < 1.29 is 22.1 Å². The maximum Gasteiger partial charge on any atom is 0.410 e. The van der Waals surface area contributed by atoms with Crippen molar-refractivity contribution in [3.63, 3.8) is 0 Å². The van der Waals surface area contributed by atoms with Gasteiger partial charge in [0.1, 0.15) is 5.60 Å². The van der Waals surface area contributed by atoms with Crippen molar-refractivity contribution in [2.24, 2.45) is 0 Å². The minimum absolute atomic E-state index is 0.0373. The Morgan fingerprint density at radius 1 is 0.842 bits per heavy atom. The molecule has 1 amide bonds. The average Bonchev–Trinajstić information content (AvgIpc) is 2.86. The summed E-state index contributed by atoms with van der Waals surface area (Å²) in [5.74, 6) is 0. The number of aryl methyl sites for hydroxylation is 1. The summed E-state index contributed by atoms with van der Waals surface area (Å²) in [6.07, 6.45) is 0.633. The molecule has 4 aromatic carbocycles. The fraction of sp³-hybridized carbons (Fsp3) is 0.323. The van der Waals surface area contributed by atoms with Gasteiger partial charge in [-0.1, -0.05) is 66.2 Å². The molecule has 4 aromatic rings. The molecule has 0 aliphatic heterocycles. The Labute approximate surface area is 225 Å². The Morgan fingerprint density at radius 3 is 2.00 bits per heavy atom. The van der Waals surface area contributed by atoms with Crippen LogP contribution in [0.4, 0.5) is 4.79 Å². The van der Waals surface area contributed by atoms with Gasteiger partial charge in [0, 0.05) is 6.54 Å². The Morgan fingerprint density at radius 2 is 1.42 bits per heavy atom. The first-order valence-corrected chi connectivity index (χ1v) is 14.3. The van der Waals surface area contributed by atoms with Crippen LogP contribution in [0.5, 0.6) is 0 Å². The van der Waals surface area contributed by atoms with Crippen molar-refractivity contribution in [2.45, 2.75) is 57.6 Å². The smallest absolute Gasteiger partial charge is 0.410 e. The molecule has 4 rings (SSSR count). The summed E-state index contributed by atoms with van der Waals surface area (Å²) in [5.41, 5.74) is 1.40. The van der Waals surface area contributed by atoms with Crippen LogP contribution >= 0.6 is 0 Å². The molecule has 0 unspecified atom stereocenters. The number of unbranched alkanes of at least 4 members (excludes halogenated alkanes) is 1. The van der Waals surface area contributed by atoms with Gasteiger partial charge in [0.15, 0.2) is 0 Å². The van der Waals surface area contributed by atoms with Gasteiger partial charge in [-0.25, -0.2) is 4.79 Å². The largest absolute Gasteiger partial charge is 0.444 e. The van der Waals surface area contributed by atoms with Crippen LogP contribution < -0.4 is 0 Å². The topological polar surface area (TPSA) is 72.9 Å². The summed E-state index contributed by atoms with van der Waals surface area (Å²) in [4.78, 5) is 15.1. The highest BCUT2D eigenvalue weighted by Gasteiger charge is 2.24. The molecule has 0 aliphatic carbocycles. The van der Waals surface area contributed by atoms with E-state index < -0.39 is 21.8 Å². The third-order valence-corrected chi connectivity index (χ3v) is 7.58. The number of benzene rings is 4. The fourth-order valence-electron chi connectivity index (χ4n) is 4.38. The summed E-state index contributed by atoms with van der Waals surface area (Å²) < 4.78 is 36.0. The molecule has 0 N–H and O–H groups in total. The minimum atomic E-state index is -3.82. The maximum atomic E-state index is 13.2. The van der Waals surface area contributed by atoms with Crippen LogP contribution in [0.1, 0.15) is 44.7 Å². The quantitative estimate of drug-likeness (QED) is 0.129. The molecule has 0 saturated carbocycles. The van der Waals surface area contributed by atoms with Gasteiger partial charge in [0.05, 0.1) is 18.0 Å². The molecule has 0 radical (unpaired) electrons. The number of amides is 1. The predicted octanol–water partition coefficient (Wildman–Crippen LogP) is 7.22. The van der Waals surface area contributed by atoms with Crippen LogP contribution in [0, 0.1) is 6.92 Å². The average molecular weight is 534 g/mol. The normalized spacial score (nSPS) is 12.1. The minimum Gasteiger partial charge on any atom is -0.444 e. The van der Waals surface area contributed by atoms with E-state index in [9.17, 15) is 13.2 Å². The van der Waals surface area contributed by atoms with Crippen LogP contribution in [0.3, 0.4) is 0 Å². The summed E-state index contributed by atoms with van der Waals surface area (Å²) in [6, 6.07) is 25.1. The summed E-state index contributed by atoms with van der Waals surface area (Å²) in [6.45, 7) is 8.25. The molecule has 0 heterocycles. The summed E-state index contributed by atoms with van der Waals surface area (Å²) in [5, 5.41) is 4.40. The monoisotopic (exact) mass is 533 g/mol. The SMILES string of the molecule is Cc1ccc(S(=O)(=O)OCCCCN(Cc2c3ccccc3cc3ccccc23)C(=O)OC(C)(C)C)cc1. The number of hydrogen-bond donors (Lipinski definition) is 0. The molecule has 0 fully saturated rings. The predicted molar refractivity (Wildman–Crippen MR) is 152 cm³/mol. The van der Waals surface area contributed by atoms with Gasteiger partial charge in [-0.05, 0) is 85.8 Å². The van der Waals surface area contributed by atoms with Crippen molar-refractivity contribution >= 4 is 37.8 Å². The number of carbonyl (C=O) groups excluding carboxylic acids is 1. The third kappa shape index (κ3) is 6.91. The summed E-state index contributed by atoms with van der Waals surface area (Å²) >= 11 is 0. The van der Waals surface area contributed by atoms with Gasteiger partial charge in [-0.2, -0.15) is 8.42 Å². The van der Waals surface area contributed by atoms with Crippen molar-refractivity contribution in [2.75, 3.05) is 13.2 Å². The second-order valence-corrected chi connectivity index (χ2v) is 12.1. The van der Waals surface area contributed by atoms with Crippen LogP contribution in [0.15, 0.2) is 83.8 Å². The Balaban J connectivity index is 1.50. The standard InChI is InChI=1S/C31H35NO5S/c1-23-15-17-26(18-16-23)38(34,35)36-20-10-9-19-32(30(33)37-31(2,3)4)22-29-27-13-7-5-11-24(27)21-25-12-6-8-14-28(25)29/h5-8,11-18,21H,9-10,19-20,22H2,1-4H3. The van der Waals surface area contributed by atoms with Gasteiger partial charge >= 0.3 is 6.09 Å². The second kappa shape index (κ2) is 11.5. The zero-order chi connectivity index (χ0) is 27.3. The Kier molecular flexibility index (Phi) is 8.38. The molecule has 0 bridgehead atoms. The maximum absolute atomic E-state index is 13.2. The highest BCUT2D eigenvalue weighted by molar-refractivity contribution is 7.86. The van der Waals surface area contributed by atoms with Crippen molar-refractivity contribution in [3.8, 4) is 0 Å². The third-order valence-electron chi connectivity index (χ3n) is 6.25. The van der Waals surface area contributed by atoms with E-state index in [1.165, 1.54) is 0 Å². The van der Waals surface area contributed by atoms with Crippen LogP contribution in [0.25, 0.3) is 21.5 Å². The number of carbonyl (C=O) groups is 1. The molecule has 0 aliphatic rings. The first-order chi connectivity index (χ1) is 18.0. The molecule has 0 saturated heterocycles. The van der Waals surface area contributed by atoms with Gasteiger partial charge < -0.3 is 9.64 Å². The lowest BCUT2D eigenvalue weighted by Crippen LogP contribution is -2.37. The van der Waals surface area contributed by atoms with E-state index in [-0.39, 0.29) is 11.5 Å². The zero-order valence-corrected chi connectivity index (χ0v) is 23.3. The second-order valence-electron chi connectivity index (χ2n) is 10.5. The van der Waals surface area contributed by atoms with E-state index in [0.29, 0.717) is 25.9 Å². The van der Waals surface area contributed by atoms with Gasteiger partial charge in [0.2, 0.25) is 0 Å². The molecule has 0 atom stereocenters. The molecule has 6 nitrogen and oxygen atoms in total. The van der Waals surface area contributed by atoms with E-state index in [4.69, 9.17) is 8.92 Å². The first-order valence-electron chi connectivity index (χ1n) is 12.9. The lowest BCUT2D eigenvalue weighted by Gasteiger charge is -2.28. The number of ether oxygens (including phenoxy) is 1. The molecule has 200 valence electrons. The van der Waals surface area contributed by atoms with Crippen molar-refractivity contribution in [1.29, 1.82) is 0 Å². The van der Waals surface area contributed by atoms with E-state index in [1.54, 1.807) is 29.2 Å². The lowest BCUT2D eigenvalue weighted by molar-refractivity contribution is 0.0230. The van der Waals surface area contributed by atoms with Crippen molar-refractivity contribution in [3.05, 3.63) is 90.0 Å². The van der Waals surface area contributed by atoms with E-state index in [2.05, 4.69) is 30.3 Å². The molecular weight excluding hydrogens is 498 g/mol. The highest BCUT2D eigenvalue weighted by Crippen LogP contribution is 2.30. The molecular formula is C31H35NO5S. The molecule has 0 spiro atoms. The number of rotatable bonds is 9. The molecule has 7 heteroatoms. The molecule has 0 aromatic heterocycles. The van der Waals surface area contributed by atoms with Gasteiger partial charge in [-0.15, -0.1) is 0 Å². The van der Waals surface area contributed by atoms with Crippen LogP contribution in [-0.4, -0.2) is 38.2 Å². The Bertz CT molecular complexity index is 1470. The molecule has 38 heavy (non-hydrogen) atoms. The van der Waals surface area contributed by atoms with E-state index in [0.717, 1.165) is 32.7 Å². The van der Waals surface area contributed by atoms with Gasteiger partial charge in [0.25, 0.3) is 10.1 Å². The number of nitrogens with zero attached hydrogens (tertiary/aromatic N) is 1. The van der Waals surface area contributed by atoms with E-state index >= 15 is 0 Å². The Hall–Kier alpha value is -3.42. The first kappa shape index (κ1) is 27.6. The highest BCUT2D eigenvalue weighted by atomic mass is 32.2. The number of fused-ring (bicyclic) bond motifs is 2. The van der Waals surface area contributed by atoms with Gasteiger partial charge in [-0.3, -0.25) is 4.18 Å². The van der Waals surface area contributed by atoms with Crippen LogP contribution in [-0.2, 0) is 25.6 Å².